The van der Waals surface area contributed by atoms with Gasteiger partial charge >= 0.3 is 0 Å². The summed E-state index contributed by atoms with van der Waals surface area (Å²) in [6.45, 7) is 10.2. The number of amides is 1. The first kappa shape index (κ1) is 14.1. The summed E-state index contributed by atoms with van der Waals surface area (Å²) in [5.41, 5.74) is 3.35. The molecule has 2 rings (SSSR count). The van der Waals surface area contributed by atoms with Crippen LogP contribution in [0.4, 0.5) is 5.69 Å². The average molecular weight is 260 g/mol. The molecule has 104 valence electrons. The molecule has 1 aliphatic heterocycles. The maximum Gasteiger partial charge on any atom is 0.229 e. The van der Waals surface area contributed by atoms with E-state index < -0.39 is 0 Å². The Morgan fingerprint density at radius 1 is 1.37 bits per heavy atom. The van der Waals surface area contributed by atoms with Crippen molar-refractivity contribution in [1.82, 2.24) is 5.32 Å². The van der Waals surface area contributed by atoms with E-state index in [-0.39, 0.29) is 11.8 Å². The minimum Gasteiger partial charge on any atom is -0.325 e. The van der Waals surface area contributed by atoms with Gasteiger partial charge in [-0.1, -0.05) is 39.0 Å². The monoisotopic (exact) mass is 260 g/mol. The van der Waals surface area contributed by atoms with E-state index in [0.717, 1.165) is 24.3 Å². The fraction of sp³-hybridized carbons (Fsp3) is 0.562. The van der Waals surface area contributed by atoms with Gasteiger partial charge in [-0.2, -0.15) is 0 Å². The largest absolute Gasteiger partial charge is 0.325 e. The van der Waals surface area contributed by atoms with Crippen LogP contribution in [-0.2, 0) is 4.79 Å². The fourth-order valence-corrected chi connectivity index (χ4v) is 2.72. The van der Waals surface area contributed by atoms with Crippen molar-refractivity contribution in [1.29, 1.82) is 0 Å². The number of hydrogen-bond donors (Lipinski definition) is 2. The lowest BCUT2D eigenvalue weighted by Crippen LogP contribution is -2.28. The summed E-state index contributed by atoms with van der Waals surface area (Å²) in [5, 5.41) is 6.43. The first-order chi connectivity index (χ1) is 9.00. The predicted octanol–water partition coefficient (Wildman–Crippen LogP) is 2.91. The van der Waals surface area contributed by atoms with Gasteiger partial charge in [0.25, 0.3) is 0 Å². The minimum absolute atomic E-state index is 0.0830. The second-order valence-corrected chi connectivity index (χ2v) is 5.93. The number of anilines is 1. The van der Waals surface area contributed by atoms with Crippen molar-refractivity contribution in [2.24, 2.45) is 11.8 Å². The van der Waals surface area contributed by atoms with E-state index in [0.29, 0.717) is 11.8 Å². The van der Waals surface area contributed by atoms with Gasteiger partial charge in [0.05, 0.1) is 5.92 Å². The van der Waals surface area contributed by atoms with E-state index in [9.17, 15) is 4.79 Å². The van der Waals surface area contributed by atoms with Crippen molar-refractivity contribution in [3.8, 4) is 0 Å². The standard InChI is InChI=1S/C16H24N2O/c1-10(2)13-7-5-6-11(3)15(13)18-16(19)14-9-17-8-12(14)4/h5-7,10,12,14,17H,8-9H2,1-4H3,(H,18,19). The second-order valence-electron chi connectivity index (χ2n) is 5.93. The van der Waals surface area contributed by atoms with Gasteiger partial charge < -0.3 is 10.6 Å². The Morgan fingerprint density at radius 2 is 2.11 bits per heavy atom. The maximum absolute atomic E-state index is 12.4. The van der Waals surface area contributed by atoms with Gasteiger partial charge in [0.15, 0.2) is 0 Å². The number of para-hydroxylation sites is 1. The third-order valence-corrected chi connectivity index (χ3v) is 4.03. The summed E-state index contributed by atoms with van der Waals surface area (Å²) in [7, 11) is 0. The Labute approximate surface area is 115 Å². The molecule has 2 unspecified atom stereocenters. The van der Waals surface area contributed by atoms with Crippen LogP contribution < -0.4 is 10.6 Å². The Hall–Kier alpha value is -1.35. The first-order valence-corrected chi connectivity index (χ1v) is 7.11. The van der Waals surface area contributed by atoms with Gasteiger partial charge in [0, 0.05) is 12.2 Å². The molecule has 3 heteroatoms. The topological polar surface area (TPSA) is 41.1 Å². The third kappa shape index (κ3) is 2.98. The molecule has 0 bridgehead atoms. The summed E-state index contributed by atoms with van der Waals surface area (Å²) in [6, 6.07) is 6.21. The minimum atomic E-state index is 0.0830. The maximum atomic E-state index is 12.4. The molecule has 2 N–H and O–H groups in total. The summed E-state index contributed by atoms with van der Waals surface area (Å²) in [6.07, 6.45) is 0. The molecule has 1 aromatic rings. The lowest BCUT2D eigenvalue weighted by atomic mass is 9.95. The first-order valence-electron chi connectivity index (χ1n) is 7.11. The zero-order valence-electron chi connectivity index (χ0n) is 12.3. The molecule has 0 aliphatic carbocycles. The summed E-state index contributed by atoms with van der Waals surface area (Å²) in [5.74, 6) is 1.05. The highest BCUT2D eigenvalue weighted by Crippen LogP contribution is 2.28. The van der Waals surface area contributed by atoms with Crippen LogP contribution in [0.1, 0.15) is 37.8 Å². The van der Waals surface area contributed by atoms with Crippen LogP contribution in [0.5, 0.6) is 0 Å². The molecule has 19 heavy (non-hydrogen) atoms. The van der Waals surface area contributed by atoms with Gasteiger partial charge in [0.1, 0.15) is 0 Å². The van der Waals surface area contributed by atoms with Crippen molar-refractivity contribution in [2.45, 2.75) is 33.6 Å². The van der Waals surface area contributed by atoms with Gasteiger partial charge in [0.2, 0.25) is 5.91 Å². The van der Waals surface area contributed by atoms with Crippen LogP contribution in [0.15, 0.2) is 18.2 Å². The van der Waals surface area contributed by atoms with Gasteiger partial charge in [-0.15, -0.1) is 0 Å². The molecular formula is C16H24N2O. The molecule has 0 aromatic heterocycles. The zero-order valence-corrected chi connectivity index (χ0v) is 12.3. The molecule has 2 atom stereocenters. The van der Waals surface area contributed by atoms with Crippen molar-refractivity contribution >= 4 is 11.6 Å². The van der Waals surface area contributed by atoms with Crippen LogP contribution in [0.2, 0.25) is 0 Å². The Bertz CT molecular complexity index is 468. The molecule has 1 aromatic carbocycles. The summed E-state index contributed by atoms with van der Waals surface area (Å²) in [4.78, 5) is 12.4. The summed E-state index contributed by atoms with van der Waals surface area (Å²) >= 11 is 0. The smallest absolute Gasteiger partial charge is 0.229 e. The Morgan fingerprint density at radius 3 is 2.68 bits per heavy atom. The normalized spacial score (nSPS) is 22.8. The Balaban J connectivity index is 2.21. The highest BCUT2D eigenvalue weighted by Gasteiger charge is 2.30. The van der Waals surface area contributed by atoms with Gasteiger partial charge in [-0.3, -0.25) is 4.79 Å². The van der Waals surface area contributed by atoms with Crippen LogP contribution in [0.25, 0.3) is 0 Å². The molecule has 1 aliphatic rings. The molecule has 1 heterocycles. The lowest BCUT2D eigenvalue weighted by molar-refractivity contribution is -0.120. The quantitative estimate of drug-likeness (QED) is 0.877. The van der Waals surface area contributed by atoms with E-state index in [2.05, 4.69) is 56.5 Å². The number of nitrogens with one attached hydrogen (secondary N) is 2. The van der Waals surface area contributed by atoms with Crippen molar-refractivity contribution in [3.05, 3.63) is 29.3 Å². The fourth-order valence-electron chi connectivity index (χ4n) is 2.72. The number of rotatable bonds is 3. The molecule has 0 spiro atoms. The van der Waals surface area contributed by atoms with E-state index in [4.69, 9.17) is 0 Å². The van der Waals surface area contributed by atoms with Crippen molar-refractivity contribution in [3.63, 3.8) is 0 Å². The van der Waals surface area contributed by atoms with Crippen molar-refractivity contribution in [2.75, 3.05) is 18.4 Å². The Kier molecular flexibility index (Phi) is 4.25. The number of hydrogen-bond acceptors (Lipinski definition) is 2. The zero-order chi connectivity index (χ0) is 14.0. The predicted molar refractivity (Wildman–Crippen MR) is 79.4 cm³/mol. The SMILES string of the molecule is Cc1cccc(C(C)C)c1NC(=O)C1CNCC1C. The van der Waals surface area contributed by atoms with E-state index in [1.165, 1.54) is 5.56 Å². The molecule has 1 amide bonds. The van der Waals surface area contributed by atoms with E-state index >= 15 is 0 Å². The molecule has 3 nitrogen and oxygen atoms in total. The number of aryl methyl sites for hydroxylation is 1. The molecule has 0 saturated carbocycles. The molecule has 1 saturated heterocycles. The highest BCUT2D eigenvalue weighted by atomic mass is 16.1. The molecule has 1 fully saturated rings. The van der Waals surface area contributed by atoms with Crippen molar-refractivity contribution < 1.29 is 4.79 Å². The van der Waals surface area contributed by atoms with Crippen LogP contribution in [0.3, 0.4) is 0 Å². The average Bonchev–Trinajstić information content (AvgIpc) is 2.77. The third-order valence-electron chi connectivity index (χ3n) is 4.03. The molecular weight excluding hydrogens is 236 g/mol. The summed E-state index contributed by atoms with van der Waals surface area (Å²) < 4.78 is 0. The highest BCUT2D eigenvalue weighted by molar-refractivity contribution is 5.94. The molecule has 0 radical (unpaired) electrons. The number of carbonyl (C=O) groups excluding carboxylic acids is 1. The van der Waals surface area contributed by atoms with Gasteiger partial charge in [-0.25, -0.2) is 0 Å². The van der Waals surface area contributed by atoms with Crippen LogP contribution in [-0.4, -0.2) is 19.0 Å². The lowest BCUT2D eigenvalue weighted by Gasteiger charge is -2.19. The van der Waals surface area contributed by atoms with Crippen LogP contribution in [0, 0.1) is 18.8 Å². The van der Waals surface area contributed by atoms with Gasteiger partial charge in [-0.05, 0) is 36.4 Å². The van der Waals surface area contributed by atoms with E-state index in [1.807, 2.05) is 0 Å². The van der Waals surface area contributed by atoms with Crippen LogP contribution >= 0.6 is 0 Å². The van der Waals surface area contributed by atoms with E-state index in [1.54, 1.807) is 0 Å². The number of benzene rings is 1. The second kappa shape index (κ2) is 5.74. The number of carbonyl (C=O) groups is 1.